The Kier molecular flexibility index (Phi) is 6.47. The van der Waals surface area contributed by atoms with E-state index in [4.69, 9.17) is 12.2 Å². The summed E-state index contributed by atoms with van der Waals surface area (Å²) in [5, 5.41) is 0. The molecule has 0 saturated carbocycles. The van der Waals surface area contributed by atoms with E-state index in [1.165, 1.54) is 4.90 Å². The molecular formula is C15H16Br2N2S2. The van der Waals surface area contributed by atoms with E-state index in [-0.39, 0.29) is 0 Å². The van der Waals surface area contributed by atoms with Gasteiger partial charge in [0.05, 0.1) is 10.2 Å². The molecule has 112 valence electrons. The summed E-state index contributed by atoms with van der Waals surface area (Å²) >= 11 is 14.2. The Bertz CT molecular complexity index is 684. The minimum atomic E-state index is 0.568. The summed E-state index contributed by atoms with van der Waals surface area (Å²) in [4.78, 5) is 9.08. The summed E-state index contributed by atoms with van der Waals surface area (Å²) < 4.78 is 2.65. The summed E-state index contributed by atoms with van der Waals surface area (Å²) in [7, 11) is 0. The van der Waals surface area contributed by atoms with Crippen molar-refractivity contribution in [2.75, 3.05) is 0 Å². The number of rotatable bonds is 5. The quantitative estimate of drug-likeness (QED) is 0.439. The maximum atomic E-state index is 5.34. The van der Waals surface area contributed by atoms with Gasteiger partial charge in [-0.05, 0) is 56.3 Å². The highest BCUT2D eigenvalue weighted by Gasteiger charge is 2.09. The predicted octanol–water partition coefficient (Wildman–Crippen LogP) is 6.15. The molecule has 0 aliphatic rings. The average Bonchev–Trinajstić information content (AvgIpc) is 2.42. The van der Waals surface area contributed by atoms with E-state index in [9.17, 15) is 0 Å². The third-order valence-electron chi connectivity index (χ3n) is 2.80. The number of thioether (sulfide) groups is 1. The highest BCUT2D eigenvalue weighted by molar-refractivity contribution is 9.10. The average molecular weight is 448 g/mol. The summed E-state index contributed by atoms with van der Waals surface area (Å²) in [6.07, 6.45) is 0.958. The van der Waals surface area contributed by atoms with Crippen molar-refractivity contribution in [1.29, 1.82) is 0 Å². The number of aromatic amines is 1. The summed E-state index contributed by atoms with van der Waals surface area (Å²) in [6, 6.07) is 8.19. The van der Waals surface area contributed by atoms with E-state index >= 15 is 0 Å². The van der Waals surface area contributed by atoms with Crippen LogP contribution in [0.15, 0.2) is 38.1 Å². The first-order valence-electron chi connectivity index (χ1n) is 6.62. The monoisotopic (exact) mass is 446 g/mol. The Morgan fingerprint density at radius 2 is 2.00 bits per heavy atom. The van der Waals surface area contributed by atoms with E-state index in [1.807, 2.05) is 18.2 Å². The number of halogens is 2. The van der Waals surface area contributed by atoms with Crippen molar-refractivity contribution in [3.05, 3.63) is 49.4 Å². The molecule has 1 aromatic carbocycles. The lowest BCUT2D eigenvalue weighted by molar-refractivity contribution is 0.629. The van der Waals surface area contributed by atoms with Crippen LogP contribution in [0.2, 0.25) is 0 Å². The molecule has 2 aromatic rings. The molecule has 6 heteroatoms. The fraction of sp³-hybridized carbons (Fsp3) is 0.333. The molecule has 21 heavy (non-hydrogen) atoms. The van der Waals surface area contributed by atoms with Gasteiger partial charge in [-0.3, -0.25) is 0 Å². The van der Waals surface area contributed by atoms with Crippen LogP contribution in [0.4, 0.5) is 0 Å². The number of nitrogens with one attached hydrogen (secondary N) is 1. The van der Waals surface area contributed by atoms with Gasteiger partial charge in [0.2, 0.25) is 0 Å². The van der Waals surface area contributed by atoms with Crippen LogP contribution in [0.1, 0.15) is 25.4 Å². The molecule has 0 aliphatic carbocycles. The third kappa shape index (κ3) is 4.91. The van der Waals surface area contributed by atoms with Crippen molar-refractivity contribution in [3.63, 3.8) is 0 Å². The topological polar surface area (TPSA) is 28.7 Å². The molecule has 1 heterocycles. The Morgan fingerprint density at radius 3 is 2.67 bits per heavy atom. The molecule has 0 fully saturated rings. The lowest BCUT2D eigenvalue weighted by Gasteiger charge is -2.11. The van der Waals surface area contributed by atoms with E-state index in [0.29, 0.717) is 10.6 Å². The first-order chi connectivity index (χ1) is 9.97. The van der Waals surface area contributed by atoms with Crippen LogP contribution in [0, 0.1) is 10.6 Å². The van der Waals surface area contributed by atoms with E-state index in [2.05, 4.69) is 61.7 Å². The second-order valence-electron chi connectivity index (χ2n) is 5.10. The summed E-state index contributed by atoms with van der Waals surface area (Å²) in [5.41, 5.74) is 1.13. The number of aromatic nitrogens is 2. The molecular weight excluding hydrogens is 432 g/mol. The fourth-order valence-electron chi connectivity index (χ4n) is 1.88. The number of hydrogen-bond acceptors (Lipinski definition) is 3. The zero-order valence-corrected chi connectivity index (χ0v) is 16.6. The van der Waals surface area contributed by atoms with Gasteiger partial charge in [-0.2, -0.15) is 0 Å². The minimum Gasteiger partial charge on any atom is -0.345 e. The van der Waals surface area contributed by atoms with Crippen LogP contribution < -0.4 is 0 Å². The number of nitrogens with zero attached hydrogens (tertiary/aromatic N) is 1. The SMILES string of the molecule is CC(C)Cc1[nH]c(CSc2ccccc2Br)nc(=S)c1Br. The lowest BCUT2D eigenvalue weighted by atomic mass is 10.1. The highest BCUT2D eigenvalue weighted by atomic mass is 79.9. The van der Waals surface area contributed by atoms with E-state index in [0.717, 1.165) is 32.6 Å². The maximum absolute atomic E-state index is 5.34. The van der Waals surface area contributed by atoms with Crippen molar-refractivity contribution >= 4 is 55.8 Å². The van der Waals surface area contributed by atoms with E-state index in [1.54, 1.807) is 11.8 Å². The van der Waals surface area contributed by atoms with Gasteiger partial charge < -0.3 is 4.98 Å². The zero-order chi connectivity index (χ0) is 15.4. The van der Waals surface area contributed by atoms with Crippen LogP contribution >= 0.6 is 55.8 Å². The highest BCUT2D eigenvalue weighted by Crippen LogP contribution is 2.29. The molecule has 0 spiro atoms. The van der Waals surface area contributed by atoms with Gasteiger partial charge in [0, 0.05) is 15.1 Å². The predicted molar refractivity (Wildman–Crippen MR) is 99.4 cm³/mol. The largest absolute Gasteiger partial charge is 0.345 e. The minimum absolute atomic E-state index is 0.568. The standard InChI is InChI=1S/C15H16Br2N2S2/c1-9(2)7-11-14(17)15(20)19-13(18-11)8-21-12-6-4-3-5-10(12)16/h3-6,9H,7-8H2,1-2H3,(H,18,19,20). The van der Waals surface area contributed by atoms with Gasteiger partial charge in [0.25, 0.3) is 0 Å². The second kappa shape index (κ2) is 7.90. The maximum Gasteiger partial charge on any atom is 0.144 e. The Labute approximate surface area is 151 Å². The molecule has 1 N–H and O–H groups in total. The second-order valence-corrected chi connectivity index (χ2v) is 8.15. The molecule has 0 amide bonds. The smallest absolute Gasteiger partial charge is 0.144 e. The molecule has 0 atom stereocenters. The van der Waals surface area contributed by atoms with Gasteiger partial charge in [-0.15, -0.1) is 11.8 Å². The zero-order valence-electron chi connectivity index (χ0n) is 11.8. The first kappa shape index (κ1) is 17.2. The van der Waals surface area contributed by atoms with Crippen LogP contribution in [-0.2, 0) is 12.2 Å². The normalized spacial score (nSPS) is 11.1. The lowest BCUT2D eigenvalue weighted by Crippen LogP contribution is -2.04. The Morgan fingerprint density at radius 1 is 1.29 bits per heavy atom. The van der Waals surface area contributed by atoms with Crippen molar-refractivity contribution in [2.45, 2.75) is 30.9 Å². The van der Waals surface area contributed by atoms with Crippen LogP contribution in [0.25, 0.3) is 0 Å². The third-order valence-corrected chi connectivity index (χ3v) is 6.25. The molecule has 2 nitrogen and oxygen atoms in total. The fourth-order valence-corrected chi connectivity index (χ4v) is 3.90. The molecule has 1 aromatic heterocycles. The summed E-state index contributed by atoms with van der Waals surface area (Å²) in [6.45, 7) is 4.39. The molecule has 0 unspecified atom stereocenters. The molecule has 0 radical (unpaired) electrons. The molecule has 0 bridgehead atoms. The Hall–Kier alpha value is -0.170. The number of benzene rings is 1. The number of hydrogen-bond donors (Lipinski definition) is 1. The van der Waals surface area contributed by atoms with Crippen molar-refractivity contribution in [2.24, 2.45) is 5.92 Å². The van der Waals surface area contributed by atoms with Gasteiger partial charge in [-0.1, -0.05) is 38.2 Å². The van der Waals surface area contributed by atoms with Crippen LogP contribution in [-0.4, -0.2) is 9.97 Å². The van der Waals surface area contributed by atoms with Gasteiger partial charge in [-0.25, -0.2) is 4.98 Å². The first-order valence-corrected chi connectivity index (χ1v) is 9.60. The Balaban J connectivity index is 2.19. The van der Waals surface area contributed by atoms with Crippen molar-refractivity contribution in [1.82, 2.24) is 9.97 Å². The van der Waals surface area contributed by atoms with Gasteiger partial charge in [0.1, 0.15) is 10.5 Å². The van der Waals surface area contributed by atoms with Gasteiger partial charge >= 0.3 is 0 Å². The van der Waals surface area contributed by atoms with Gasteiger partial charge in [0.15, 0.2) is 0 Å². The van der Waals surface area contributed by atoms with Crippen LogP contribution in [0.5, 0.6) is 0 Å². The summed E-state index contributed by atoms with van der Waals surface area (Å²) in [5.74, 6) is 2.25. The van der Waals surface area contributed by atoms with Crippen LogP contribution in [0.3, 0.4) is 0 Å². The van der Waals surface area contributed by atoms with E-state index < -0.39 is 0 Å². The molecule has 0 saturated heterocycles. The molecule has 2 rings (SSSR count). The van der Waals surface area contributed by atoms with Crippen molar-refractivity contribution < 1.29 is 0 Å². The number of H-pyrrole nitrogens is 1. The molecule has 0 aliphatic heterocycles. The van der Waals surface area contributed by atoms with Crippen molar-refractivity contribution in [3.8, 4) is 0 Å².